The Morgan fingerprint density at radius 3 is 2.36 bits per heavy atom. The first-order valence-electron chi connectivity index (χ1n) is 9.44. The predicted octanol–water partition coefficient (Wildman–Crippen LogP) is 3.72. The number of hydrogen-bond donors (Lipinski definition) is 2. The van der Waals surface area contributed by atoms with Gasteiger partial charge in [0, 0.05) is 42.3 Å². The third kappa shape index (κ3) is 5.63. The molecule has 1 aromatic rings. The summed E-state index contributed by atoms with van der Waals surface area (Å²) in [5.74, 6) is -1.95. The predicted molar refractivity (Wildman–Crippen MR) is 108 cm³/mol. The second kappa shape index (κ2) is 9.16. The second-order valence-corrected chi connectivity index (χ2v) is 8.36. The summed E-state index contributed by atoms with van der Waals surface area (Å²) in [6.07, 6.45) is 4.53. The number of halogens is 2. The highest BCUT2D eigenvalue weighted by atomic mass is 35.5. The van der Waals surface area contributed by atoms with Gasteiger partial charge in [0.05, 0.1) is 6.08 Å². The van der Waals surface area contributed by atoms with Crippen molar-refractivity contribution in [2.75, 3.05) is 19.6 Å². The summed E-state index contributed by atoms with van der Waals surface area (Å²) >= 11 is 12.2. The summed E-state index contributed by atoms with van der Waals surface area (Å²) in [6.45, 7) is 2.91. The molecule has 1 aromatic carbocycles. The lowest BCUT2D eigenvalue weighted by Gasteiger charge is -2.40. The molecule has 6 nitrogen and oxygen atoms in total. The quantitative estimate of drug-likeness (QED) is 0.616. The van der Waals surface area contributed by atoms with E-state index in [1.165, 1.54) is 0 Å². The molecule has 1 saturated carbocycles. The molecule has 1 aliphatic heterocycles. The summed E-state index contributed by atoms with van der Waals surface area (Å²) in [7, 11) is 0. The van der Waals surface area contributed by atoms with Gasteiger partial charge in [0.15, 0.2) is 0 Å². The van der Waals surface area contributed by atoms with Gasteiger partial charge < -0.3 is 15.1 Å². The van der Waals surface area contributed by atoms with Crippen LogP contribution < -0.4 is 0 Å². The lowest BCUT2D eigenvalue weighted by atomic mass is 10.0. The van der Waals surface area contributed by atoms with Crippen molar-refractivity contribution >= 4 is 35.1 Å². The standard InChI is InChI=1S/C20H24Cl2N2O4/c21-15-4-3-14(17(22)9-15)12-23-7-5-16(6-8-23)24(11-13-1-2-13)18(20(27)28)10-19(25)26/h3-4,9-10,13,16H,1-2,5-8,11-12H2,(H,25,26)(H,27,28)/b18-10+. The van der Waals surface area contributed by atoms with Gasteiger partial charge in [0.1, 0.15) is 5.70 Å². The maximum atomic E-state index is 11.7. The van der Waals surface area contributed by atoms with E-state index in [2.05, 4.69) is 4.90 Å². The van der Waals surface area contributed by atoms with E-state index in [4.69, 9.17) is 28.3 Å². The van der Waals surface area contributed by atoms with E-state index in [0.29, 0.717) is 29.1 Å². The van der Waals surface area contributed by atoms with E-state index in [1.807, 2.05) is 12.1 Å². The molecule has 28 heavy (non-hydrogen) atoms. The first-order chi connectivity index (χ1) is 13.3. The van der Waals surface area contributed by atoms with Crippen LogP contribution in [0.2, 0.25) is 10.0 Å². The van der Waals surface area contributed by atoms with E-state index in [0.717, 1.165) is 50.4 Å². The Balaban J connectivity index is 1.66. The fraction of sp³-hybridized carbons (Fsp3) is 0.500. The van der Waals surface area contributed by atoms with Crippen LogP contribution in [0.5, 0.6) is 0 Å². The van der Waals surface area contributed by atoms with Crippen LogP contribution in [-0.2, 0) is 16.1 Å². The number of carboxylic acids is 2. The van der Waals surface area contributed by atoms with Gasteiger partial charge in [-0.15, -0.1) is 0 Å². The molecular formula is C20H24Cl2N2O4. The maximum absolute atomic E-state index is 11.7. The fourth-order valence-electron chi connectivity index (χ4n) is 3.69. The molecule has 1 heterocycles. The Morgan fingerprint density at radius 1 is 1.14 bits per heavy atom. The van der Waals surface area contributed by atoms with Crippen LogP contribution >= 0.6 is 23.2 Å². The van der Waals surface area contributed by atoms with E-state index >= 15 is 0 Å². The van der Waals surface area contributed by atoms with Crippen molar-refractivity contribution in [1.82, 2.24) is 9.80 Å². The van der Waals surface area contributed by atoms with Gasteiger partial charge in [-0.3, -0.25) is 4.90 Å². The van der Waals surface area contributed by atoms with Crippen molar-refractivity contribution in [2.45, 2.75) is 38.3 Å². The minimum absolute atomic E-state index is 0.0271. The van der Waals surface area contributed by atoms with Crippen LogP contribution in [0, 0.1) is 5.92 Å². The molecule has 2 fully saturated rings. The number of carbonyl (C=O) groups is 2. The van der Waals surface area contributed by atoms with Gasteiger partial charge >= 0.3 is 11.9 Å². The van der Waals surface area contributed by atoms with Crippen molar-refractivity contribution in [3.63, 3.8) is 0 Å². The number of carboxylic acid groups (broad SMARTS) is 2. The zero-order chi connectivity index (χ0) is 20.3. The highest BCUT2D eigenvalue weighted by molar-refractivity contribution is 6.35. The average molecular weight is 427 g/mol. The van der Waals surface area contributed by atoms with Gasteiger partial charge in [-0.2, -0.15) is 0 Å². The van der Waals surface area contributed by atoms with Crippen LogP contribution in [0.15, 0.2) is 30.0 Å². The van der Waals surface area contributed by atoms with Crippen molar-refractivity contribution in [3.05, 3.63) is 45.6 Å². The number of hydrogen-bond acceptors (Lipinski definition) is 4. The van der Waals surface area contributed by atoms with E-state index in [9.17, 15) is 14.7 Å². The molecule has 0 atom stereocenters. The number of likely N-dealkylation sites (tertiary alicyclic amines) is 1. The third-order valence-corrected chi connectivity index (χ3v) is 5.93. The van der Waals surface area contributed by atoms with Gasteiger partial charge in [0.25, 0.3) is 0 Å². The zero-order valence-corrected chi connectivity index (χ0v) is 17.0. The summed E-state index contributed by atoms with van der Waals surface area (Å²) in [5, 5.41) is 19.9. The summed E-state index contributed by atoms with van der Waals surface area (Å²) in [5.41, 5.74) is 0.898. The molecule has 8 heteroatoms. The lowest BCUT2D eigenvalue weighted by molar-refractivity contribution is -0.137. The molecular weight excluding hydrogens is 403 g/mol. The minimum atomic E-state index is -1.23. The van der Waals surface area contributed by atoms with E-state index < -0.39 is 11.9 Å². The molecule has 1 aliphatic carbocycles. The maximum Gasteiger partial charge on any atom is 0.352 e. The Labute approximate surface area is 174 Å². The Morgan fingerprint density at radius 2 is 1.82 bits per heavy atom. The van der Waals surface area contributed by atoms with Gasteiger partial charge in [-0.25, -0.2) is 9.59 Å². The third-order valence-electron chi connectivity index (χ3n) is 5.35. The average Bonchev–Trinajstić information content (AvgIpc) is 3.45. The monoisotopic (exact) mass is 426 g/mol. The summed E-state index contributed by atoms with van der Waals surface area (Å²) in [6, 6.07) is 5.51. The zero-order valence-electron chi connectivity index (χ0n) is 15.5. The number of nitrogens with zero attached hydrogens (tertiary/aromatic N) is 2. The van der Waals surface area contributed by atoms with Crippen molar-refractivity contribution in [3.8, 4) is 0 Å². The molecule has 3 rings (SSSR count). The van der Waals surface area contributed by atoms with Crippen molar-refractivity contribution in [2.24, 2.45) is 5.92 Å². The van der Waals surface area contributed by atoms with Crippen LogP contribution in [0.1, 0.15) is 31.2 Å². The highest BCUT2D eigenvalue weighted by Gasteiger charge is 2.34. The SMILES string of the molecule is O=C(O)/C=C(\C(=O)O)N(CC1CC1)C1CCN(Cc2ccc(Cl)cc2Cl)CC1. The fourth-order valence-corrected chi connectivity index (χ4v) is 4.16. The van der Waals surface area contributed by atoms with Gasteiger partial charge in [0.2, 0.25) is 0 Å². The van der Waals surface area contributed by atoms with Crippen LogP contribution in [0.3, 0.4) is 0 Å². The molecule has 2 N–H and O–H groups in total. The molecule has 0 spiro atoms. The lowest BCUT2D eigenvalue weighted by Crippen LogP contribution is -2.46. The Kier molecular flexibility index (Phi) is 6.86. The molecule has 0 radical (unpaired) electrons. The van der Waals surface area contributed by atoms with E-state index in [1.54, 1.807) is 11.0 Å². The molecule has 0 aromatic heterocycles. The molecule has 0 unspecified atom stereocenters. The Hall–Kier alpha value is -1.76. The first-order valence-corrected chi connectivity index (χ1v) is 10.2. The topological polar surface area (TPSA) is 81.1 Å². The molecule has 0 bridgehead atoms. The van der Waals surface area contributed by atoms with Gasteiger partial charge in [-0.05, 0) is 49.3 Å². The largest absolute Gasteiger partial charge is 0.478 e. The highest BCUT2D eigenvalue weighted by Crippen LogP contribution is 2.33. The number of aliphatic carboxylic acids is 2. The molecule has 152 valence electrons. The van der Waals surface area contributed by atoms with Crippen molar-refractivity contribution < 1.29 is 19.8 Å². The number of piperidine rings is 1. The van der Waals surface area contributed by atoms with Crippen LogP contribution in [0.4, 0.5) is 0 Å². The van der Waals surface area contributed by atoms with Crippen molar-refractivity contribution in [1.29, 1.82) is 0 Å². The normalized spacial score (nSPS) is 18.9. The van der Waals surface area contributed by atoms with Crippen LogP contribution in [0.25, 0.3) is 0 Å². The van der Waals surface area contributed by atoms with Crippen LogP contribution in [-0.4, -0.2) is 57.6 Å². The smallest absolute Gasteiger partial charge is 0.352 e. The number of benzene rings is 1. The molecule has 0 amide bonds. The molecule has 2 aliphatic rings. The summed E-state index contributed by atoms with van der Waals surface area (Å²) in [4.78, 5) is 26.9. The Bertz CT molecular complexity index is 771. The van der Waals surface area contributed by atoms with Gasteiger partial charge in [-0.1, -0.05) is 29.3 Å². The molecule has 1 saturated heterocycles. The second-order valence-electron chi connectivity index (χ2n) is 7.51. The summed E-state index contributed by atoms with van der Waals surface area (Å²) < 4.78 is 0. The van der Waals surface area contributed by atoms with E-state index in [-0.39, 0.29) is 11.7 Å². The minimum Gasteiger partial charge on any atom is -0.478 e. The number of rotatable bonds is 8. The first kappa shape index (κ1) is 21.0.